The van der Waals surface area contributed by atoms with Crippen molar-refractivity contribution in [3.63, 3.8) is 0 Å². The standard InChI is InChI=1S/C32H30F3N5O4/c1-3-21-23(34)6-5-18-11-20(42)12-22(24(18)21)27-26(35)28-25-29(40(9-10-41)17(2)15-43-30(25)36-27)38-31(37-28)44-16-32-7-4-8-39(32)14-19(33)13-32/h1,5-6,11-12,17,19,41-42H,4,7-10,13-16H2,2H3/t17-,19-,32+/m1/s1. The average molecular weight is 606 g/mol. The number of aliphatic hydroxyl groups is 1. The minimum atomic E-state index is -0.956. The summed E-state index contributed by atoms with van der Waals surface area (Å²) < 4.78 is 58.2. The molecule has 228 valence electrons. The molecular formula is C32H30F3N5O4. The first kappa shape index (κ1) is 28.4. The van der Waals surface area contributed by atoms with Crippen LogP contribution in [0.5, 0.6) is 17.6 Å². The molecule has 0 amide bonds. The van der Waals surface area contributed by atoms with Gasteiger partial charge in [-0.25, -0.2) is 18.2 Å². The monoisotopic (exact) mass is 605 g/mol. The summed E-state index contributed by atoms with van der Waals surface area (Å²) in [5.41, 5.74) is -0.974. The van der Waals surface area contributed by atoms with E-state index in [-0.39, 0.29) is 89.0 Å². The molecule has 0 bridgehead atoms. The molecule has 0 saturated carbocycles. The molecule has 4 aromatic rings. The third-order valence-electron chi connectivity index (χ3n) is 9.00. The summed E-state index contributed by atoms with van der Waals surface area (Å²) in [6.45, 7) is 3.20. The van der Waals surface area contributed by atoms with Gasteiger partial charge >= 0.3 is 6.01 Å². The van der Waals surface area contributed by atoms with Gasteiger partial charge in [-0.2, -0.15) is 9.97 Å². The van der Waals surface area contributed by atoms with Gasteiger partial charge in [0, 0.05) is 30.5 Å². The lowest BCUT2D eigenvalue weighted by atomic mass is 9.95. The lowest BCUT2D eigenvalue weighted by Gasteiger charge is -2.31. The molecule has 2 aromatic heterocycles. The number of alkyl halides is 1. The van der Waals surface area contributed by atoms with E-state index in [0.717, 1.165) is 19.4 Å². The third-order valence-corrected chi connectivity index (χ3v) is 9.00. The van der Waals surface area contributed by atoms with Crippen molar-refractivity contribution in [1.82, 2.24) is 19.9 Å². The molecule has 3 aliphatic rings. The molecule has 0 radical (unpaired) electrons. The van der Waals surface area contributed by atoms with Crippen LogP contribution in [0.1, 0.15) is 31.7 Å². The summed E-state index contributed by atoms with van der Waals surface area (Å²) in [6.07, 6.45) is 6.73. The molecule has 2 fully saturated rings. The lowest BCUT2D eigenvalue weighted by molar-refractivity contribution is 0.107. The minimum absolute atomic E-state index is 0.0250. The van der Waals surface area contributed by atoms with Crippen molar-refractivity contribution in [2.24, 2.45) is 0 Å². The highest BCUT2D eigenvalue weighted by atomic mass is 19.1. The number of aromatic nitrogens is 3. The number of hydrogen-bond donors (Lipinski definition) is 2. The molecule has 9 nitrogen and oxygen atoms in total. The number of rotatable bonds is 6. The van der Waals surface area contributed by atoms with Gasteiger partial charge in [-0.1, -0.05) is 12.0 Å². The number of hydrogen-bond acceptors (Lipinski definition) is 9. The first-order valence-corrected chi connectivity index (χ1v) is 14.6. The Balaban J connectivity index is 1.44. The van der Waals surface area contributed by atoms with E-state index in [1.54, 1.807) is 4.90 Å². The van der Waals surface area contributed by atoms with Crippen LogP contribution in [-0.4, -0.2) is 87.3 Å². The Morgan fingerprint density at radius 2 is 2.05 bits per heavy atom. The Labute approximate surface area is 251 Å². The Kier molecular flexibility index (Phi) is 6.90. The van der Waals surface area contributed by atoms with Crippen molar-refractivity contribution in [1.29, 1.82) is 0 Å². The number of phenols is 1. The zero-order valence-corrected chi connectivity index (χ0v) is 24.0. The Morgan fingerprint density at radius 1 is 1.20 bits per heavy atom. The van der Waals surface area contributed by atoms with Crippen molar-refractivity contribution in [2.75, 3.05) is 44.4 Å². The van der Waals surface area contributed by atoms with Crippen LogP contribution in [-0.2, 0) is 0 Å². The van der Waals surface area contributed by atoms with E-state index in [0.29, 0.717) is 18.4 Å². The van der Waals surface area contributed by atoms with Crippen LogP contribution in [0.2, 0.25) is 0 Å². The second-order valence-corrected chi connectivity index (χ2v) is 11.7. The van der Waals surface area contributed by atoms with Gasteiger partial charge in [-0.05, 0) is 49.9 Å². The number of terminal acetylenes is 1. The highest BCUT2D eigenvalue weighted by Crippen LogP contribution is 2.44. The van der Waals surface area contributed by atoms with Crippen molar-refractivity contribution >= 4 is 27.5 Å². The predicted octanol–water partition coefficient (Wildman–Crippen LogP) is 4.34. The predicted molar refractivity (Wildman–Crippen MR) is 158 cm³/mol. The molecule has 5 heterocycles. The molecular weight excluding hydrogens is 575 g/mol. The number of phenolic OH excluding ortho intramolecular Hbond substituents is 1. The first-order chi connectivity index (χ1) is 21.2. The van der Waals surface area contributed by atoms with E-state index >= 15 is 4.39 Å². The summed E-state index contributed by atoms with van der Waals surface area (Å²) in [5, 5.41) is 21.2. The maximum atomic E-state index is 16.8. The van der Waals surface area contributed by atoms with Crippen LogP contribution >= 0.6 is 0 Å². The van der Waals surface area contributed by atoms with Crippen molar-refractivity contribution in [3.05, 3.63) is 41.5 Å². The fraction of sp³-hybridized carbons (Fsp3) is 0.406. The van der Waals surface area contributed by atoms with E-state index in [4.69, 9.17) is 15.9 Å². The molecule has 12 heteroatoms. The molecule has 44 heavy (non-hydrogen) atoms. The molecule has 3 atom stereocenters. The summed E-state index contributed by atoms with van der Waals surface area (Å²) in [7, 11) is 0. The number of fused-ring (bicyclic) bond motifs is 2. The molecule has 3 aliphatic heterocycles. The van der Waals surface area contributed by atoms with Crippen LogP contribution in [0.15, 0.2) is 24.3 Å². The molecule has 0 aliphatic carbocycles. The Bertz CT molecular complexity index is 1850. The fourth-order valence-electron chi connectivity index (χ4n) is 6.99. The number of aliphatic hydroxyl groups excluding tert-OH is 1. The molecule has 2 aromatic carbocycles. The second-order valence-electron chi connectivity index (χ2n) is 11.7. The van der Waals surface area contributed by atoms with Crippen LogP contribution < -0.4 is 14.4 Å². The van der Waals surface area contributed by atoms with Crippen molar-refractivity contribution < 1.29 is 32.9 Å². The topological polar surface area (TPSA) is 104 Å². The number of halogens is 3. The number of ether oxygens (including phenoxy) is 2. The van der Waals surface area contributed by atoms with E-state index in [2.05, 4.69) is 25.8 Å². The maximum Gasteiger partial charge on any atom is 0.319 e. The molecule has 2 N–H and O–H groups in total. The summed E-state index contributed by atoms with van der Waals surface area (Å²) in [5.74, 6) is 0.863. The highest BCUT2D eigenvalue weighted by Gasteiger charge is 2.49. The molecule has 7 rings (SSSR count). The first-order valence-electron chi connectivity index (χ1n) is 14.6. The van der Waals surface area contributed by atoms with Gasteiger partial charge in [-0.15, -0.1) is 6.42 Å². The van der Waals surface area contributed by atoms with Gasteiger partial charge in [0.15, 0.2) is 5.82 Å². The van der Waals surface area contributed by atoms with Crippen LogP contribution in [0.25, 0.3) is 32.9 Å². The third kappa shape index (κ3) is 4.45. The van der Waals surface area contributed by atoms with E-state index in [9.17, 15) is 19.0 Å². The van der Waals surface area contributed by atoms with Gasteiger partial charge in [0.2, 0.25) is 5.88 Å². The van der Waals surface area contributed by atoms with E-state index in [1.165, 1.54) is 24.3 Å². The quantitative estimate of drug-likeness (QED) is 0.311. The van der Waals surface area contributed by atoms with Gasteiger partial charge in [0.1, 0.15) is 53.4 Å². The smallest absolute Gasteiger partial charge is 0.319 e. The van der Waals surface area contributed by atoms with Crippen LogP contribution in [0.3, 0.4) is 0 Å². The summed E-state index contributed by atoms with van der Waals surface area (Å²) >= 11 is 0. The van der Waals surface area contributed by atoms with Crippen LogP contribution in [0, 0.1) is 24.0 Å². The second kappa shape index (κ2) is 10.7. The number of β-amino-alcohol motifs (C(OH)–C–C–N with tert-alkyl or cyclic N) is 1. The largest absolute Gasteiger partial charge is 0.508 e. The lowest BCUT2D eigenvalue weighted by Crippen LogP contribution is -2.43. The van der Waals surface area contributed by atoms with Crippen LogP contribution in [0.4, 0.5) is 19.0 Å². The van der Waals surface area contributed by atoms with Gasteiger partial charge in [0.05, 0.1) is 23.8 Å². The number of nitrogens with zero attached hydrogens (tertiary/aromatic N) is 5. The number of pyridine rings is 1. The SMILES string of the molecule is C#Cc1c(F)ccc2cc(O)cc(-c3nc4c5c(nc(OC[C@@]67CCCN6C[C@H](F)C7)nc5c3F)N(CCO)[C@H](C)CO4)c12. The molecule has 0 spiro atoms. The van der Waals surface area contributed by atoms with Gasteiger partial charge in [0.25, 0.3) is 0 Å². The zero-order chi connectivity index (χ0) is 30.7. The molecule has 2 saturated heterocycles. The normalized spacial score (nSPS) is 23.0. The summed E-state index contributed by atoms with van der Waals surface area (Å²) in [6, 6.07) is 4.88. The zero-order valence-electron chi connectivity index (χ0n) is 24.0. The summed E-state index contributed by atoms with van der Waals surface area (Å²) in [4.78, 5) is 17.5. The number of aromatic hydroxyl groups is 1. The van der Waals surface area contributed by atoms with Gasteiger partial charge in [-0.3, -0.25) is 4.90 Å². The minimum Gasteiger partial charge on any atom is -0.508 e. The van der Waals surface area contributed by atoms with Crippen molar-refractivity contribution in [3.8, 4) is 41.2 Å². The average Bonchev–Trinajstić information content (AvgIpc) is 3.49. The highest BCUT2D eigenvalue weighted by molar-refractivity contribution is 6.04. The van der Waals surface area contributed by atoms with Crippen molar-refractivity contribution in [2.45, 2.75) is 43.9 Å². The molecule has 0 unspecified atom stereocenters. The number of anilines is 1. The van der Waals surface area contributed by atoms with E-state index in [1.807, 2.05) is 6.92 Å². The van der Waals surface area contributed by atoms with Gasteiger partial charge < -0.3 is 24.6 Å². The Hall–Kier alpha value is -4.34. The number of benzene rings is 2. The van der Waals surface area contributed by atoms with E-state index < -0.39 is 23.3 Å². The Morgan fingerprint density at radius 3 is 2.84 bits per heavy atom. The maximum absolute atomic E-state index is 16.8. The fourth-order valence-corrected chi connectivity index (χ4v) is 6.99.